The lowest BCUT2D eigenvalue weighted by molar-refractivity contribution is 0.468. The van der Waals surface area contributed by atoms with Crippen LogP contribution in [0.3, 0.4) is 0 Å². The van der Waals surface area contributed by atoms with Crippen LogP contribution in [0.4, 0.5) is 11.4 Å². The Hall–Kier alpha value is -3.58. The SMILES string of the molecule is O=S(=O)(O)c1cccc2c(O)c(N=Nc3c(O)cc(S(=O)(=O)O)c4ccccc34)ccc12. The summed E-state index contributed by atoms with van der Waals surface area (Å²) in [5.41, 5.74) is -0.188. The molecule has 0 aliphatic carbocycles. The van der Waals surface area contributed by atoms with E-state index in [4.69, 9.17) is 0 Å². The van der Waals surface area contributed by atoms with Crippen LogP contribution in [0.1, 0.15) is 0 Å². The summed E-state index contributed by atoms with van der Waals surface area (Å²) in [6.45, 7) is 0. The Balaban J connectivity index is 1.89. The molecule has 0 radical (unpaired) electrons. The van der Waals surface area contributed by atoms with Crippen LogP contribution in [-0.2, 0) is 20.2 Å². The van der Waals surface area contributed by atoms with Gasteiger partial charge in [-0.2, -0.15) is 16.8 Å². The zero-order chi connectivity index (χ0) is 23.3. The minimum Gasteiger partial charge on any atom is -0.506 e. The molecule has 0 aliphatic rings. The normalized spacial score (nSPS) is 12.7. The Morgan fingerprint density at radius 1 is 0.625 bits per heavy atom. The van der Waals surface area contributed by atoms with Gasteiger partial charge in [0, 0.05) is 27.6 Å². The van der Waals surface area contributed by atoms with Gasteiger partial charge in [-0.1, -0.05) is 42.5 Å². The molecule has 0 unspecified atom stereocenters. The molecule has 4 aromatic carbocycles. The first kappa shape index (κ1) is 21.6. The maximum Gasteiger partial charge on any atom is 0.295 e. The average molecular weight is 474 g/mol. The molecule has 0 bridgehead atoms. The quantitative estimate of drug-likeness (QED) is 0.250. The maximum absolute atomic E-state index is 11.7. The standard InChI is InChI=1S/C20H14N2O8S2/c23-16-10-18(32(28,29)30)11-4-1-2-5-13(11)19(16)22-21-15-9-8-12-14(20(15)24)6-3-7-17(12)31(25,26)27/h1-10,23-24H,(H,25,26,27)(H,28,29,30). The number of phenols is 2. The van der Waals surface area contributed by atoms with E-state index in [9.17, 15) is 36.2 Å². The summed E-state index contributed by atoms with van der Waals surface area (Å²) in [5, 5.41) is 29.1. The molecule has 12 heteroatoms. The van der Waals surface area contributed by atoms with E-state index < -0.39 is 41.5 Å². The number of azo groups is 1. The lowest BCUT2D eigenvalue weighted by Crippen LogP contribution is -1.99. The first-order valence-corrected chi connectivity index (χ1v) is 11.7. The zero-order valence-electron chi connectivity index (χ0n) is 15.9. The monoisotopic (exact) mass is 474 g/mol. The molecule has 4 N–H and O–H groups in total. The molecule has 10 nitrogen and oxygen atoms in total. The number of phenolic OH excluding ortho intramolecular Hbond substituents is 2. The molecule has 0 saturated heterocycles. The first-order valence-electron chi connectivity index (χ1n) is 8.84. The number of rotatable bonds is 4. The number of hydrogen-bond donors (Lipinski definition) is 4. The van der Waals surface area contributed by atoms with E-state index in [0.29, 0.717) is 0 Å². The highest BCUT2D eigenvalue weighted by Crippen LogP contribution is 2.42. The number of nitrogens with zero attached hydrogens (tertiary/aromatic N) is 2. The van der Waals surface area contributed by atoms with E-state index in [0.717, 1.165) is 6.07 Å². The van der Waals surface area contributed by atoms with Gasteiger partial charge in [0.15, 0.2) is 5.75 Å². The van der Waals surface area contributed by atoms with E-state index in [1.54, 1.807) is 6.07 Å². The second-order valence-corrected chi connectivity index (χ2v) is 9.50. The van der Waals surface area contributed by atoms with Crippen LogP contribution in [-0.4, -0.2) is 36.2 Å². The molecule has 0 atom stereocenters. The lowest BCUT2D eigenvalue weighted by atomic mass is 10.1. The van der Waals surface area contributed by atoms with E-state index in [2.05, 4.69) is 10.2 Å². The van der Waals surface area contributed by atoms with Crippen molar-refractivity contribution in [3.8, 4) is 11.5 Å². The van der Waals surface area contributed by atoms with Gasteiger partial charge in [0.05, 0.1) is 0 Å². The summed E-state index contributed by atoms with van der Waals surface area (Å²) in [6, 6.07) is 13.4. The molecule has 4 aromatic rings. The van der Waals surface area contributed by atoms with E-state index in [1.807, 2.05) is 0 Å². The molecule has 0 amide bonds. The minimum atomic E-state index is -4.62. The zero-order valence-corrected chi connectivity index (χ0v) is 17.5. The van der Waals surface area contributed by atoms with Crippen molar-refractivity contribution >= 4 is 53.2 Å². The summed E-state index contributed by atoms with van der Waals surface area (Å²) in [4.78, 5) is -0.894. The van der Waals surface area contributed by atoms with E-state index in [1.165, 1.54) is 48.5 Å². The van der Waals surface area contributed by atoms with Gasteiger partial charge < -0.3 is 10.2 Å². The van der Waals surface area contributed by atoms with Gasteiger partial charge in [-0.3, -0.25) is 9.11 Å². The topological polar surface area (TPSA) is 174 Å². The number of fused-ring (bicyclic) bond motifs is 2. The molecular weight excluding hydrogens is 460 g/mol. The lowest BCUT2D eigenvalue weighted by Gasteiger charge is -2.09. The highest BCUT2D eigenvalue weighted by atomic mass is 32.2. The Morgan fingerprint density at radius 3 is 1.88 bits per heavy atom. The van der Waals surface area contributed by atoms with Crippen LogP contribution in [0, 0.1) is 0 Å². The molecule has 4 rings (SSSR count). The molecule has 0 fully saturated rings. The van der Waals surface area contributed by atoms with Crippen molar-refractivity contribution < 1.29 is 36.2 Å². The third kappa shape index (κ3) is 3.76. The van der Waals surface area contributed by atoms with Crippen molar-refractivity contribution in [2.45, 2.75) is 9.79 Å². The third-order valence-corrected chi connectivity index (χ3v) is 6.55. The van der Waals surface area contributed by atoms with Gasteiger partial charge in [-0.05, 0) is 12.1 Å². The Labute approximate surface area is 181 Å². The van der Waals surface area contributed by atoms with Crippen LogP contribution >= 0.6 is 0 Å². The summed E-state index contributed by atoms with van der Waals surface area (Å²) < 4.78 is 65.2. The fraction of sp³-hybridized carbons (Fsp3) is 0. The Kier molecular flexibility index (Phi) is 5.09. The van der Waals surface area contributed by atoms with Crippen molar-refractivity contribution in [3.63, 3.8) is 0 Å². The molecule has 32 heavy (non-hydrogen) atoms. The smallest absolute Gasteiger partial charge is 0.295 e. The fourth-order valence-electron chi connectivity index (χ4n) is 3.34. The third-order valence-electron chi connectivity index (χ3n) is 4.74. The van der Waals surface area contributed by atoms with Crippen molar-refractivity contribution in [3.05, 3.63) is 60.7 Å². The minimum absolute atomic E-state index is 0.0669. The summed E-state index contributed by atoms with van der Waals surface area (Å²) in [7, 11) is -9.15. The van der Waals surface area contributed by atoms with Crippen LogP contribution in [0.25, 0.3) is 21.5 Å². The average Bonchev–Trinajstić information content (AvgIpc) is 2.72. The Morgan fingerprint density at radius 2 is 1.22 bits per heavy atom. The number of aromatic hydroxyl groups is 2. The first-order chi connectivity index (χ1) is 15.0. The molecule has 0 saturated carbocycles. The van der Waals surface area contributed by atoms with E-state index >= 15 is 0 Å². The number of benzene rings is 4. The predicted octanol–water partition coefficient (Wildman–Crippen LogP) is 4.31. The predicted molar refractivity (Wildman–Crippen MR) is 115 cm³/mol. The summed E-state index contributed by atoms with van der Waals surface area (Å²) >= 11 is 0. The van der Waals surface area contributed by atoms with Crippen LogP contribution < -0.4 is 0 Å². The van der Waals surface area contributed by atoms with Gasteiger partial charge in [-0.15, -0.1) is 10.2 Å². The fourth-order valence-corrected chi connectivity index (χ4v) is 4.77. The van der Waals surface area contributed by atoms with Crippen LogP contribution in [0.5, 0.6) is 11.5 Å². The van der Waals surface area contributed by atoms with Crippen molar-refractivity contribution in [1.29, 1.82) is 0 Å². The van der Waals surface area contributed by atoms with Gasteiger partial charge in [-0.25, -0.2) is 0 Å². The van der Waals surface area contributed by atoms with Crippen molar-refractivity contribution in [2.24, 2.45) is 10.2 Å². The second-order valence-electron chi connectivity index (χ2n) is 6.72. The summed E-state index contributed by atoms with van der Waals surface area (Å²) in [5.74, 6) is -0.996. The van der Waals surface area contributed by atoms with E-state index in [-0.39, 0.29) is 32.9 Å². The van der Waals surface area contributed by atoms with Gasteiger partial charge >= 0.3 is 0 Å². The molecule has 0 spiro atoms. The second kappa shape index (κ2) is 7.53. The maximum atomic E-state index is 11.7. The molecule has 0 aliphatic heterocycles. The molecule has 164 valence electrons. The van der Waals surface area contributed by atoms with Crippen molar-refractivity contribution in [2.75, 3.05) is 0 Å². The Bertz CT molecular complexity index is 1650. The number of hydrogen-bond acceptors (Lipinski definition) is 8. The molecular formula is C20H14N2O8S2. The molecule has 0 aromatic heterocycles. The van der Waals surface area contributed by atoms with Crippen molar-refractivity contribution in [1.82, 2.24) is 0 Å². The van der Waals surface area contributed by atoms with Gasteiger partial charge in [0.25, 0.3) is 20.2 Å². The highest BCUT2D eigenvalue weighted by Gasteiger charge is 2.20. The van der Waals surface area contributed by atoms with Gasteiger partial charge in [0.2, 0.25) is 0 Å². The van der Waals surface area contributed by atoms with Crippen LogP contribution in [0.15, 0.2) is 80.7 Å². The van der Waals surface area contributed by atoms with Gasteiger partial charge in [0.1, 0.15) is 26.9 Å². The summed E-state index contributed by atoms with van der Waals surface area (Å²) in [6.07, 6.45) is 0. The largest absolute Gasteiger partial charge is 0.506 e. The molecule has 0 heterocycles. The highest BCUT2D eigenvalue weighted by molar-refractivity contribution is 7.86. The van der Waals surface area contributed by atoms with Crippen LogP contribution in [0.2, 0.25) is 0 Å².